The highest BCUT2D eigenvalue weighted by Crippen LogP contribution is 2.28. The molecule has 26 heavy (non-hydrogen) atoms. The lowest BCUT2D eigenvalue weighted by Crippen LogP contribution is -2.37. The predicted molar refractivity (Wildman–Crippen MR) is 113 cm³/mol. The number of unbranched alkanes of at least 4 members (excludes halogenated alkanes) is 4. The summed E-state index contributed by atoms with van der Waals surface area (Å²) in [5, 5.41) is 3.89. The van der Waals surface area contributed by atoms with Crippen molar-refractivity contribution in [3.05, 3.63) is 12.2 Å². The lowest BCUT2D eigenvalue weighted by Gasteiger charge is -2.24. The summed E-state index contributed by atoms with van der Waals surface area (Å²) < 4.78 is 6.23. The van der Waals surface area contributed by atoms with Crippen LogP contribution >= 0.6 is 0 Å². The first-order valence-electron chi connectivity index (χ1n) is 11.9. The van der Waals surface area contributed by atoms with Crippen LogP contribution in [0.4, 0.5) is 0 Å². The van der Waals surface area contributed by atoms with Gasteiger partial charge >= 0.3 is 0 Å². The van der Waals surface area contributed by atoms with E-state index in [0.29, 0.717) is 12.3 Å². The number of nitrogens with one attached hydrogen (secondary N) is 1. The minimum atomic E-state index is 0.316. The van der Waals surface area contributed by atoms with E-state index in [4.69, 9.17) is 4.74 Å². The number of hydrogen-bond acceptors (Lipinski definition) is 2. The molecule has 0 aromatic carbocycles. The van der Waals surface area contributed by atoms with Gasteiger partial charge in [-0.3, -0.25) is 5.32 Å². The topological polar surface area (TPSA) is 21.3 Å². The molecule has 1 aliphatic heterocycles. The van der Waals surface area contributed by atoms with Crippen molar-refractivity contribution in [1.82, 2.24) is 5.32 Å². The average molecular weight is 364 g/mol. The first-order chi connectivity index (χ1) is 12.8. The molecule has 2 nitrogen and oxygen atoms in total. The van der Waals surface area contributed by atoms with Gasteiger partial charge in [-0.25, -0.2) is 0 Å². The minimum absolute atomic E-state index is 0.316. The number of rotatable bonds is 11. The van der Waals surface area contributed by atoms with Gasteiger partial charge in [-0.1, -0.05) is 83.8 Å². The summed E-state index contributed by atoms with van der Waals surface area (Å²) in [4.78, 5) is 0. The molecule has 0 radical (unpaired) electrons. The second kappa shape index (κ2) is 13.8. The van der Waals surface area contributed by atoms with Gasteiger partial charge in [-0.15, -0.1) is 0 Å². The predicted octanol–water partition coefficient (Wildman–Crippen LogP) is 6.99. The average Bonchev–Trinajstić information content (AvgIpc) is 3.15. The molecule has 3 unspecified atom stereocenters. The van der Waals surface area contributed by atoms with Gasteiger partial charge in [0.25, 0.3) is 0 Å². The van der Waals surface area contributed by atoms with E-state index in [1.807, 2.05) is 0 Å². The third-order valence-corrected chi connectivity index (χ3v) is 6.49. The largest absolute Gasteiger partial charge is 0.362 e. The summed E-state index contributed by atoms with van der Waals surface area (Å²) in [6, 6.07) is 0.596. The molecule has 1 heterocycles. The molecule has 0 saturated carbocycles. The maximum absolute atomic E-state index is 6.23. The van der Waals surface area contributed by atoms with Gasteiger partial charge < -0.3 is 4.74 Å². The first kappa shape index (κ1) is 22.0. The molecule has 1 saturated heterocycles. The standard InChI is InChI=1S/C24H45NO/c1-3-5-7-12-16-21(15-6-4-2)19-24-25-23(20-26-24)22-17-13-10-8-9-11-14-18-22/h8,10,21-25H,3-7,9,11-20H2,1-2H3/b10-8-/t21?,22?,23?,24-/m1/s1. The van der Waals surface area contributed by atoms with Crippen molar-refractivity contribution in [2.24, 2.45) is 11.8 Å². The first-order valence-corrected chi connectivity index (χ1v) is 11.9. The number of hydrogen-bond donors (Lipinski definition) is 1. The Labute approximate surface area is 163 Å². The van der Waals surface area contributed by atoms with Crippen LogP contribution in [-0.2, 0) is 4.74 Å². The van der Waals surface area contributed by atoms with Crippen LogP contribution in [0, 0.1) is 11.8 Å². The number of ether oxygens (including phenoxy) is 1. The lowest BCUT2D eigenvalue weighted by molar-refractivity contribution is 0.0745. The van der Waals surface area contributed by atoms with Crippen LogP contribution in [0.25, 0.3) is 0 Å². The molecular weight excluding hydrogens is 318 g/mol. The van der Waals surface area contributed by atoms with Crippen molar-refractivity contribution in [1.29, 1.82) is 0 Å². The van der Waals surface area contributed by atoms with Crippen molar-refractivity contribution in [2.45, 2.75) is 122 Å². The molecule has 0 spiro atoms. The van der Waals surface area contributed by atoms with E-state index in [1.165, 1.54) is 96.3 Å². The summed E-state index contributed by atoms with van der Waals surface area (Å²) in [6.07, 6.45) is 25.4. The van der Waals surface area contributed by atoms with E-state index < -0.39 is 0 Å². The number of allylic oxidation sites excluding steroid dienone is 2. The van der Waals surface area contributed by atoms with Crippen molar-refractivity contribution < 1.29 is 4.74 Å². The van der Waals surface area contributed by atoms with Gasteiger partial charge in [0, 0.05) is 6.04 Å². The normalized spacial score (nSPS) is 29.7. The van der Waals surface area contributed by atoms with Gasteiger partial charge in [-0.05, 0) is 50.4 Å². The van der Waals surface area contributed by atoms with Gasteiger partial charge in [0.15, 0.2) is 0 Å². The Balaban J connectivity index is 1.75. The smallest absolute Gasteiger partial charge is 0.108 e. The Morgan fingerprint density at radius 2 is 1.73 bits per heavy atom. The van der Waals surface area contributed by atoms with Crippen LogP contribution in [0.5, 0.6) is 0 Å². The molecule has 0 amide bonds. The maximum Gasteiger partial charge on any atom is 0.108 e. The van der Waals surface area contributed by atoms with Crippen LogP contribution in [-0.4, -0.2) is 18.9 Å². The monoisotopic (exact) mass is 363 g/mol. The van der Waals surface area contributed by atoms with Crippen molar-refractivity contribution in [3.63, 3.8) is 0 Å². The van der Waals surface area contributed by atoms with Gasteiger partial charge in [0.2, 0.25) is 0 Å². The molecular formula is C24H45NO. The fraction of sp³-hybridized carbons (Fsp3) is 0.917. The van der Waals surface area contributed by atoms with E-state index in [0.717, 1.165) is 18.4 Å². The SMILES string of the molecule is CCCCCCC(CCCC)C[C@@H]1NC(C2CC/C=C\CCCC2)CO1. The second-order valence-corrected chi connectivity index (χ2v) is 8.78. The highest BCUT2D eigenvalue weighted by atomic mass is 16.5. The quantitative estimate of drug-likeness (QED) is 0.315. The third-order valence-electron chi connectivity index (χ3n) is 6.49. The van der Waals surface area contributed by atoms with Crippen LogP contribution in [0.1, 0.15) is 110 Å². The van der Waals surface area contributed by atoms with Crippen molar-refractivity contribution >= 4 is 0 Å². The molecule has 4 atom stereocenters. The Hall–Kier alpha value is -0.340. The summed E-state index contributed by atoms with van der Waals surface area (Å²) >= 11 is 0. The Morgan fingerprint density at radius 3 is 2.58 bits per heavy atom. The molecule has 0 aromatic rings. The molecule has 1 aliphatic carbocycles. The minimum Gasteiger partial charge on any atom is -0.362 e. The molecule has 1 N–H and O–H groups in total. The summed E-state index contributed by atoms with van der Waals surface area (Å²) in [5.74, 6) is 1.66. The van der Waals surface area contributed by atoms with Crippen LogP contribution in [0.2, 0.25) is 0 Å². The maximum atomic E-state index is 6.23. The van der Waals surface area contributed by atoms with E-state index >= 15 is 0 Å². The molecule has 2 rings (SSSR count). The van der Waals surface area contributed by atoms with Gasteiger partial charge in [-0.2, -0.15) is 0 Å². The van der Waals surface area contributed by atoms with Crippen molar-refractivity contribution in [2.75, 3.05) is 6.61 Å². The van der Waals surface area contributed by atoms with Crippen LogP contribution in [0.15, 0.2) is 12.2 Å². The third kappa shape index (κ3) is 8.57. The van der Waals surface area contributed by atoms with E-state index in [9.17, 15) is 0 Å². The molecule has 0 bridgehead atoms. The lowest BCUT2D eigenvalue weighted by atomic mass is 9.89. The van der Waals surface area contributed by atoms with E-state index in [-0.39, 0.29) is 0 Å². The van der Waals surface area contributed by atoms with Gasteiger partial charge in [0.05, 0.1) is 6.61 Å². The molecule has 1 fully saturated rings. The summed E-state index contributed by atoms with van der Waals surface area (Å²) in [7, 11) is 0. The zero-order valence-electron chi connectivity index (χ0n) is 17.7. The summed E-state index contributed by atoms with van der Waals surface area (Å²) in [6.45, 7) is 5.56. The van der Waals surface area contributed by atoms with E-state index in [2.05, 4.69) is 31.3 Å². The fourth-order valence-corrected chi connectivity index (χ4v) is 4.76. The highest BCUT2D eigenvalue weighted by molar-refractivity contribution is 4.89. The molecule has 2 aliphatic rings. The fourth-order valence-electron chi connectivity index (χ4n) is 4.76. The van der Waals surface area contributed by atoms with Crippen LogP contribution < -0.4 is 5.32 Å². The van der Waals surface area contributed by atoms with Crippen molar-refractivity contribution in [3.8, 4) is 0 Å². The zero-order valence-corrected chi connectivity index (χ0v) is 17.7. The molecule has 2 heteroatoms. The van der Waals surface area contributed by atoms with Crippen LogP contribution in [0.3, 0.4) is 0 Å². The highest BCUT2D eigenvalue weighted by Gasteiger charge is 2.31. The Kier molecular flexibility index (Phi) is 11.6. The zero-order chi connectivity index (χ0) is 18.5. The molecule has 152 valence electrons. The summed E-state index contributed by atoms with van der Waals surface area (Å²) in [5.41, 5.74) is 0. The Morgan fingerprint density at radius 1 is 0.923 bits per heavy atom. The van der Waals surface area contributed by atoms with E-state index in [1.54, 1.807) is 0 Å². The van der Waals surface area contributed by atoms with Gasteiger partial charge in [0.1, 0.15) is 6.23 Å². The molecule has 0 aromatic heterocycles. The second-order valence-electron chi connectivity index (χ2n) is 8.78. The Bertz CT molecular complexity index is 367.